The Morgan fingerprint density at radius 1 is 0.574 bits per heavy atom. The molecule has 27 nitrogen and oxygen atoms in total. The Bertz CT molecular complexity index is 2750. The van der Waals surface area contributed by atoms with Gasteiger partial charge in [-0.1, -0.05) is 0 Å². The maximum absolute atomic E-state index is 14.5. The Kier molecular flexibility index (Phi) is 12.2. The monoisotopic (exact) mass is 956 g/mol. The molecule has 3 aliphatic heterocycles. The van der Waals surface area contributed by atoms with Gasteiger partial charge in [-0.2, -0.15) is 0 Å². The molecule has 1 fully saturated rings. The fourth-order valence-corrected chi connectivity index (χ4v) is 7.37. The number of aliphatic hydroxyl groups is 1. The number of aliphatic carboxylic acids is 1. The van der Waals surface area contributed by atoms with Crippen LogP contribution >= 0.6 is 0 Å². The highest BCUT2D eigenvalue weighted by atomic mass is 16.7. The first-order valence-corrected chi connectivity index (χ1v) is 19.1. The molecule has 4 aromatic rings. The predicted octanol–water partition coefficient (Wildman–Crippen LogP) is 0.0179. The maximum Gasteiger partial charge on any atom is 0.341 e. The number of benzene rings is 4. The van der Waals surface area contributed by atoms with E-state index in [1.165, 1.54) is 0 Å². The number of ether oxygens (including phenoxy) is 7. The molecule has 3 aliphatic rings. The summed E-state index contributed by atoms with van der Waals surface area (Å²) in [4.78, 5) is 95.4. The molecule has 358 valence electrons. The van der Waals surface area contributed by atoms with Crippen molar-refractivity contribution in [2.75, 3.05) is 6.61 Å². The number of phenolic OH excluding ortho intramolecular Hbond substituents is 11. The van der Waals surface area contributed by atoms with Gasteiger partial charge >= 0.3 is 41.8 Å². The van der Waals surface area contributed by atoms with Crippen LogP contribution in [0, 0.1) is 5.92 Å². The zero-order chi connectivity index (χ0) is 49.8. The highest BCUT2D eigenvalue weighted by molar-refractivity contribution is 5.98. The van der Waals surface area contributed by atoms with Gasteiger partial charge in [0, 0.05) is 11.5 Å². The number of carboxylic acid groups (broad SMARTS) is 1. The van der Waals surface area contributed by atoms with E-state index in [0.29, 0.717) is 42.5 Å². The third-order valence-electron chi connectivity index (χ3n) is 10.6. The molecule has 27 heteroatoms. The lowest BCUT2D eigenvalue weighted by molar-refractivity contribution is -0.287. The van der Waals surface area contributed by atoms with E-state index in [4.69, 9.17) is 33.2 Å². The van der Waals surface area contributed by atoms with Gasteiger partial charge in [0.05, 0.1) is 34.6 Å². The smallest absolute Gasteiger partial charge is 0.341 e. The molecule has 7 rings (SSSR count). The number of aliphatic hydroxyl groups excluding tert-OH is 1. The molecule has 2 bridgehead atoms. The Hall–Kier alpha value is -9.11. The number of rotatable bonds is 9. The molecule has 0 radical (unpaired) electrons. The molecule has 0 amide bonds. The van der Waals surface area contributed by atoms with Crippen molar-refractivity contribution in [3.8, 4) is 69.0 Å². The minimum atomic E-state index is -2.57. The fourth-order valence-electron chi connectivity index (χ4n) is 7.37. The number of carbonyl (C=O) groups is 7. The van der Waals surface area contributed by atoms with Crippen LogP contribution in [0.4, 0.5) is 0 Å². The van der Waals surface area contributed by atoms with Gasteiger partial charge in [-0.3, -0.25) is 9.59 Å². The van der Waals surface area contributed by atoms with Crippen molar-refractivity contribution < 1.29 is 133 Å². The molecule has 3 heterocycles. The van der Waals surface area contributed by atoms with E-state index in [1.807, 2.05) is 0 Å². The van der Waals surface area contributed by atoms with E-state index in [2.05, 4.69) is 0 Å². The number of phenols is 11. The summed E-state index contributed by atoms with van der Waals surface area (Å²) in [6.45, 7) is -1.28. The van der Waals surface area contributed by atoms with Crippen molar-refractivity contribution >= 4 is 41.8 Å². The second kappa shape index (κ2) is 17.7. The van der Waals surface area contributed by atoms with E-state index >= 15 is 0 Å². The van der Waals surface area contributed by atoms with E-state index < -0.39 is 200 Å². The molecule has 8 atom stereocenters. The second-order valence-electron chi connectivity index (χ2n) is 14.9. The van der Waals surface area contributed by atoms with Crippen LogP contribution in [0.5, 0.6) is 69.0 Å². The number of hydrogen-bond donors (Lipinski definition) is 13. The molecule has 4 aromatic carbocycles. The minimum absolute atomic E-state index is 0.449. The number of aromatic hydroxyl groups is 11. The molecular formula is C41H32O27. The SMILES string of the molecule is O=C(O)C[C@@H]1C(=O)O[C@@H]2[C@H](OC(=O)c3cc(O)c(O)c(O)c3)[C@H](OC(=O)c3cc(O)c(O)c4c3[C@@H]1[C@H](O)C(=O)O4)[C@@H](OC(=O)c1cc(O)c(O)c(O)c1)O[C@H]2COC(=O)c1cc(O)c(O)c(O)c1. The lowest BCUT2D eigenvalue weighted by Crippen LogP contribution is -2.63. The summed E-state index contributed by atoms with van der Waals surface area (Å²) in [5.41, 5.74) is -4.15. The van der Waals surface area contributed by atoms with Gasteiger partial charge in [-0.15, -0.1) is 0 Å². The third-order valence-corrected chi connectivity index (χ3v) is 10.6. The summed E-state index contributed by atoms with van der Waals surface area (Å²) in [7, 11) is 0. The molecule has 0 aromatic heterocycles. The van der Waals surface area contributed by atoms with E-state index in [1.54, 1.807) is 0 Å². The van der Waals surface area contributed by atoms with Crippen LogP contribution < -0.4 is 4.74 Å². The van der Waals surface area contributed by atoms with Crippen molar-refractivity contribution in [2.45, 2.75) is 49.1 Å². The number of hydrogen-bond acceptors (Lipinski definition) is 26. The highest BCUT2D eigenvalue weighted by Gasteiger charge is 2.57. The third kappa shape index (κ3) is 8.58. The molecule has 13 N–H and O–H groups in total. The second-order valence-corrected chi connectivity index (χ2v) is 14.9. The summed E-state index contributed by atoms with van der Waals surface area (Å²) in [6.07, 6.45) is -16.3. The summed E-state index contributed by atoms with van der Waals surface area (Å²) in [5.74, 6) is -29.8. The van der Waals surface area contributed by atoms with Crippen LogP contribution in [0.15, 0.2) is 42.5 Å². The molecule has 0 spiro atoms. The average molecular weight is 957 g/mol. The number of esters is 6. The van der Waals surface area contributed by atoms with Gasteiger partial charge < -0.3 is 99.5 Å². The average Bonchev–Trinajstić information content (AvgIpc) is 3.28. The predicted molar refractivity (Wildman–Crippen MR) is 207 cm³/mol. The van der Waals surface area contributed by atoms with E-state index in [9.17, 15) is 99.9 Å². The number of carbonyl (C=O) groups excluding carboxylic acids is 6. The standard InChI is InChI=1S/C41H32O27/c42-15-1-10(2-16(43)26(15)51)35(56)62-9-22-31-33(66-36(57)11-3-17(44)27(52)18(45)4-11)34(41(63-22)68-37(58)12-5-19(46)28(53)20(47)6-12)67-38(59)13-7-21(48)29(54)32-25(13)24(30(55)40(61)65-32)14(8-23(49)50)39(60)64-31/h1-7,14,22,24,30-31,33-34,41-48,51-55H,8-9H2,(H,49,50)/t14-,22-,24+,30-,31-,33-,34-,41+/m0/s1. The quantitative estimate of drug-likeness (QED) is 0.0455. The maximum atomic E-state index is 14.5. The first-order chi connectivity index (χ1) is 32.0. The Labute approximate surface area is 375 Å². The van der Waals surface area contributed by atoms with Crippen LogP contribution in [0.3, 0.4) is 0 Å². The first kappa shape index (κ1) is 46.9. The molecule has 0 aliphatic carbocycles. The van der Waals surface area contributed by atoms with Crippen molar-refractivity contribution in [1.82, 2.24) is 0 Å². The lowest BCUT2D eigenvalue weighted by atomic mass is 9.76. The minimum Gasteiger partial charge on any atom is -0.504 e. The normalized spacial score (nSPS) is 23.0. The van der Waals surface area contributed by atoms with Gasteiger partial charge in [-0.05, 0) is 42.5 Å². The van der Waals surface area contributed by atoms with Crippen LogP contribution in [-0.4, -0.2) is 152 Å². The van der Waals surface area contributed by atoms with Crippen molar-refractivity contribution in [3.63, 3.8) is 0 Å². The summed E-state index contributed by atoms with van der Waals surface area (Å²) < 4.78 is 38.6. The number of fused-ring (bicyclic) bond motifs is 2. The van der Waals surface area contributed by atoms with Gasteiger partial charge in [0.15, 0.2) is 81.6 Å². The van der Waals surface area contributed by atoms with Crippen LogP contribution in [0.2, 0.25) is 0 Å². The lowest BCUT2D eigenvalue weighted by Gasteiger charge is -2.44. The van der Waals surface area contributed by atoms with Gasteiger partial charge in [-0.25, -0.2) is 24.0 Å². The zero-order valence-electron chi connectivity index (χ0n) is 33.6. The summed E-state index contributed by atoms with van der Waals surface area (Å²) in [6, 6.07) is 3.84. The fraction of sp³-hybridized carbons (Fsp3) is 0.244. The van der Waals surface area contributed by atoms with Crippen molar-refractivity contribution in [1.29, 1.82) is 0 Å². The topological polar surface area (TPSA) is 447 Å². The van der Waals surface area contributed by atoms with Crippen molar-refractivity contribution in [3.05, 3.63) is 70.3 Å². The molecule has 0 unspecified atom stereocenters. The highest BCUT2D eigenvalue weighted by Crippen LogP contribution is 2.51. The molecular weight excluding hydrogens is 924 g/mol. The summed E-state index contributed by atoms with van der Waals surface area (Å²) >= 11 is 0. The Morgan fingerprint density at radius 3 is 1.54 bits per heavy atom. The summed E-state index contributed by atoms with van der Waals surface area (Å²) in [5, 5.41) is 133. The zero-order valence-corrected chi connectivity index (χ0v) is 33.6. The van der Waals surface area contributed by atoms with E-state index in [0.717, 1.165) is 0 Å². The Morgan fingerprint density at radius 2 is 1.04 bits per heavy atom. The van der Waals surface area contributed by atoms with Crippen LogP contribution in [0.1, 0.15) is 59.3 Å². The molecule has 0 saturated carbocycles. The van der Waals surface area contributed by atoms with E-state index in [-0.39, 0.29) is 0 Å². The van der Waals surface area contributed by atoms with Crippen molar-refractivity contribution in [2.24, 2.45) is 5.92 Å². The van der Waals surface area contributed by atoms with Gasteiger partial charge in [0.25, 0.3) is 0 Å². The molecule has 68 heavy (non-hydrogen) atoms. The molecule has 1 saturated heterocycles. The van der Waals surface area contributed by atoms with Crippen LogP contribution in [-0.2, 0) is 42.8 Å². The largest absolute Gasteiger partial charge is 0.504 e. The Balaban J connectivity index is 1.44. The number of carboxylic acids is 1. The van der Waals surface area contributed by atoms with Crippen LogP contribution in [0.25, 0.3) is 0 Å². The van der Waals surface area contributed by atoms with Gasteiger partial charge in [0.2, 0.25) is 18.1 Å². The van der Waals surface area contributed by atoms with Gasteiger partial charge in [0.1, 0.15) is 12.7 Å². The first-order valence-electron chi connectivity index (χ1n) is 19.1.